The molecule has 0 fully saturated rings. The van der Waals surface area contributed by atoms with Crippen molar-refractivity contribution in [2.45, 2.75) is 19.8 Å². The van der Waals surface area contributed by atoms with Crippen LogP contribution in [0.5, 0.6) is 5.75 Å². The lowest BCUT2D eigenvalue weighted by molar-refractivity contribution is 0.0989. The van der Waals surface area contributed by atoms with Gasteiger partial charge in [0.25, 0.3) is 0 Å². The van der Waals surface area contributed by atoms with E-state index in [9.17, 15) is 4.79 Å². The molecule has 0 unspecified atom stereocenters. The van der Waals surface area contributed by atoms with E-state index in [4.69, 9.17) is 4.74 Å². The van der Waals surface area contributed by atoms with Crippen LogP contribution in [0.4, 0.5) is 0 Å². The summed E-state index contributed by atoms with van der Waals surface area (Å²) in [6.45, 7) is 2.66. The number of hydrogen-bond donors (Lipinski definition) is 0. The molecule has 1 aromatic heterocycles. The lowest BCUT2D eigenvalue weighted by Crippen LogP contribution is -2.07. The molecule has 98 valence electrons. The topological polar surface area (TPSA) is 39.2 Å². The Balaban J connectivity index is 2.14. The Morgan fingerprint density at radius 3 is 2.79 bits per heavy atom. The average Bonchev–Trinajstić information content (AvgIpc) is 2.46. The number of carbonyl (C=O) groups excluding carboxylic acids is 1. The summed E-state index contributed by atoms with van der Waals surface area (Å²) in [7, 11) is 0. The van der Waals surface area contributed by atoms with Crippen molar-refractivity contribution in [2.24, 2.45) is 0 Å². The zero-order chi connectivity index (χ0) is 13.5. The maximum atomic E-state index is 12.3. The fraction of sp³-hybridized carbons (Fsp3) is 0.250. The fourth-order valence-electron chi connectivity index (χ4n) is 1.82. The highest BCUT2D eigenvalue weighted by molar-refractivity contribution is 5.99. The van der Waals surface area contributed by atoms with E-state index < -0.39 is 0 Å². The van der Waals surface area contributed by atoms with E-state index in [0.717, 1.165) is 12.0 Å². The molecule has 1 heterocycles. The van der Waals surface area contributed by atoms with Gasteiger partial charge in [0.1, 0.15) is 5.75 Å². The van der Waals surface area contributed by atoms with Gasteiger partial charge in [0.2, 0.25) is 0 Å². The zero-order valence-corrected chi connectivity index (χ0v) is 11.0. The minimum absolute atomic E-state index is 0.0553. The molecule has 2 rings (SSSR count). The van der Waals surface area contributed by atoms with Crippen molar-refractivity contribution in [1.29, 1.82) is 0 Å². The minimum Gasteiger partial charge on any atom is -0.493 e. The molecule has 0 saturated carbocycles. The van der Waals surface area contributed by atoms with Crippen LogP contribution < -0.4 is 4.74 Å². The number of carbonyl (C=O) groups is 1. The van der Waals surface area contributed by atoms with E-state index in [-0.39, 0.29) is 5.78 Å². The van der Waals surface area contributed by atoms with Crippen LogP contribution in [-0.4, -0.2) is 17.4 Å². The molecular formula is C16H17NO2. The molecule has 0 aliphatic heterocycles. The molecule has 0 radical (unpaired) electrons. The lowest BCUT2D eigenvalue weighted by atomic mass is 10.0. The third-order valence-electron chi connectivity index (χ3n) is 2.74. The van der Waals surface area contributed by atoms with Crippen LogP contribution >= 0.6 is 0 Å². The van der Waals surface area contributed by atoms with Gasteiger partial charge in [0.05, 0.1) is 12.2 Å². The number of para-hydroxylation sites is 1. The van der Waals surface area contributed by atoms with Crippen LogP contribution in [-0.2, 0) is 6.42 Å². The summed E-state index contributed by atoms with van der Waals surface area (Å²) in [6.07, 6.45) is 4.69. The number of Topliss-reactive ketones (excluding diaryl/α,β-unsaturated/α-hetero) is 1. The SMILES string of the molecule is CCCOc1ccccc1C(=O)Cc1cccnc1. The Morgan fingerprint density at radius 2 is 2.05 bits per heavy atom. The Labute approximate surface area is 113 Å². The van der Waals surface area contributed by atoms with Crippen LogP contribution in [0.3, 0.4) is 0 Å². The van der Waals surface area contributed by atoms with Crippen molar-refractivity contribution in [3.05, 3.63) is 59.9 Å². The molecule has 1 aromatic carbocycles. The molecule has 0 N–H and O–H groups in total. The zero-order valence-electron chi connectivity index (χ0n) is 11.0. The van der Waals surface area contributed by atoms with Gasteiger partial charge >= 0.3 is 0 Å². The maximum Gasteiger partial charge on any atom is 0.171 e. The summed E-state index contributed by atoms with van der Waals surface area (Å²) in [6, 6.07) is 11.1. The molecule has 0 aliphatic rings. The number of hydrogen-bond acceptors (Lipinski definition) is 3. The fourth-order valence-corrected chi connectivity index (χ4v) is 1.82. The quantitative estimate of drug-likeness (QED) is 0.743. The Bertz CT molecular complexity index is 537. The average molecular weight is 255 g/mol. The molecule has 3 heteroatoms. The van der Waals surface area contributed by atoms with Crippen molar-refractivity contribution in [3.63, 3.8) is 0 Å². The van der Waals surface area contributed by atoms with Gasteiger partial charge in [-0.05, 0) is 30.2 Å². The highest BCUT2D eigenvalue weighted by atomic mass is 16.5. The molecule has 0 atom stereocenters. The summed E-state index contributed by atoms with van der Waals surface area (Å²) in [4.78, 5) is 16.3. The van der Waals surface area contributed by atoms with Gasteiger partial charge in [0, 0.05) is 18.8 Å². The normalized spacial score (nSPS) is 10.2. The van der Waals surface area contributed by atoms with Crippen molar-refractivity contribution in [2.75, 3.05) is 6.61 Å². The van der Waals surface area contributed by atoms with Gasteiger partial charge in [-0.15, -0.1) is 0 Å². The number of ketones is 1. The van der Waals surface area contributed by atoms with Gasteiger partial charge in [0.15, 0.2) is 5.78 Å². The van der Waals surface area contributed by atoms with E-state index >= 15 is 0 Å². The predicted octanol–water partition coefficient (Wildman–Crippen LogP) is 3.30. The van der Waals surface area contributed by atoms with Crippen LogP contribution in [0.1, 0.15) is 29.3 Å². The summed E-state index contributed by atoms with van der Waals surface area (Å²) < 4.78 is 5.61. The molecule has 0 amide bonds. The monoisotopic (exact) mass is 255 g/mol. The first-order chi connectivity index (χ1) is 9.31. The molecule has 0 saturated heterocycles. The predicted molar refractivity (Wildman–Crippen MR) is 74.5 cm³/mol. The van der Waals surface area contributed by atoms with Crippen LogP contribution in [0.2, 0.25) is 0 Å². The molecule has 0 spiro atoms. The van der Waals surface area contributed by atoms with E-state index in [1.807, 2.05) is 43.3 Å². The van der Waals surface area contributed by atoms with Gasteiger partial charge < -0.3 is 4.74 Å². The van der Waals surface area contributed by atoms with Gasteiger partial charge in [-0.25, -0.2) is 0 Å². The third-order valence-corrected chi connectivity index (χ3v) is 2.74. The van der Waals surface area contributed by atoms with Crippen molar-refractivity contribution in [1.82, 2.24) is 4.98 Å². The molecule has 19 heavy (non-hydrogen) atoms. The largest absolute Gasteiger partial charge is 0.493 e. The van der Waals surface area contributed by atoms with Crippen molar-refractivity contribution < 1.29 is 9.53 Å². The number of rotatable bonds is 6. The van der Waals surface area contributed by atoms with Crippen molar-refractivity contribution in [3.8, 4) is 5.75 Å². The second-order valence-corrected chi connectivity index (χ2v) is 4.31. The molecule has 0 aliphatic carbocycles. The first-order valence-electron chi connectivity index (χ1n) is 6.45. The second kappa shape index (κ2) is 6.69. The van der Waals surface area contributed by atoms with Gasteiger partial charge in [-0.3, -0.25) is 9.78 Å². The van der Waals surface area contributed by atoms with Crippen LogP contribution in [0.15, 0.2) is 48.8 Å². The number of ether oxygens (including phenoxy) is 1. The first-order valence-corrected chi connectivity index (χ1v) is 6.45. The third kappa shape index (κ3) is 3.65. The molecule has 2 aromatic rings. The Hall–Kier alpha value is -2.16. The number of benzene rings is 1. The van der Waals surface area contributed by atoms with Gasteiger partial charge in [-0.1, -0.05) is 25.1 Å². The van der Waals surface area contributed by atoms with Gasteiger partial charge in [-0.2, -0.15) is 0 Å². The summed E-state index contributed by atoms with van der Waals surface area (Å²) in [5, 5.41) is 0. The number of aromatic nitrogens is 1. The Kier molecular flexibility index (Phi) is 4.67. The van der Waals surface area contributed by atoms with Crippen LogP contribution in [0, 0.1) is 0 Å². The molecule has 3 nitrogen and oxygen atoms in total. The lowest BCUT2D eigenvalue weighted by Gasteiger charge is -2.09. The van der Waals surface area contributed by atoms with E-state index in [1.54, 1.807) is 12.4 Å². The van der Waals surface area contributed by atoms with E-state index in [2.05, 4.69) is 4.98 Å². The van der Waals surface area contributed by atoms with E-state index in [1.165, 1.54) is 0 Å². The van der Waals surface area contributed by atoms with Crippen molar-refractivity contribution >= 4 is 5.78 Å². The molecular weight excluding hydrogens is 238 g/mol. The van der Waals surface area contributed by atoms with Crippen LogP contribution in [0.25, 0.3) is 0 Å². The summed E-state index contributed by atoms with van der Waals surface area (Å²) in [5.74, 6) is 0.720. The minimum atomic E-state index is 0.0553. The smallest absolute Gasteiger partial charge is 0.171 e. The summed E-state index contributed by atoms with van der Waals surface area (Å²) in [5.41, 5.74) is 1.55. The first kappa shape index (κ1) is 13.3. The second-order valence-electron chi connectivity index (χ2n) is 4.31. The highest BCUT2D eigenvalue weighted by Crippen LogP contribution is 2.20. The number of nitrogens with zero attached hydrogens (tertiary/aromatic N) is 1. The van der Waals surface area contributed by atoms with E-state index in [0.29, 0.717) is 24.3 Å². The Morgan fingerprint density at radius 1 is 1.21 bits per heavy atom. The standard InChI is InChI=1S/C16H17NO2/c1-2-10-19-16-8-4-3-7-14(16)15(18)11-13-6-5-9-17-12-13/h3-9,12H,2,10-11H2,1H3. The number of pyridine rings is 1. The summed E-state index contributed by atoms with van der Waals surface area (Å²) >= 11 is 0. The highest BCUT2D eigenvalue weighted by Gasteiger charge is 2.12. The maximum absolute atomic E-state index is 12.3. The molecule has 0 bridgehead atoms.